The molecule has 8 saturated carbocycles. The summed E-state index contributed by atoms with van der Waals surface area (Å²) in [5.41, 5.74) is -9.29. The van der Waals surface area contributed by atoms with Crippen molar-refractivity contribution in [2.24, 2.45) is 45.3 Å². The molecule has 2 aliphatic heterocycles. The summed E-state index contributed by atoms with van der Waals surface area (Å²) in [6.45, 7) is 14.7. The summed E-state index contributed by atoms with van der Waals surface area (Å²) in [5.74, 6) is -1.15. The number of hydrogen-bond acceptors (Lipinski definition) is 12. The predicted molar refractivity (Wildman–Crippen MR) is 213 cm³/mol. The second-order valence-electron chi connectivity index (χ2n) is 23.3. The topological polar surface area (TPSA) is 161 Å². The fourth-order valence-corrected chi connectivity index (χ4v) is 14.4. The molecular formula is C47H70O12. The van der Waals surface area contributed by atoms with Crippen LogP contribution >= 0.6 is 0 Å². The van der Waals surface area contributed by atoms with E-state index < -0.39 is 79.8 Å². The van der Waals surface area contributed by atoms with E-state index in [4.69, 9.17) is 28.4 Å². The lowest BCUT2D eigenvalue weighted by Crippen LogP contribution is -2.61. The van der Waals surface area contributed by atoms with E-state index in [1.165, 1.54) is 0 Å². The van der Waals surface area contributed by atoms with Gasteiger partial charge in [-0.3, -0.25) is 24.0 Å². The van der Waals surface area contributed by atoms with E-state index in [0.717, 1.165) is 51.4 Å². The molecule has 1 N–H and O–H groups in total. The highest BCUT2D eigenvalue weighted by atomic mass is 16.7. The van der Waals surface area contributed by atoms with Crippen molar-refractivity contribution in [2.75, 3.05) is 6.61 Å². The van der Waals surface area contributed by atoms with E-state index in [-0.39, 0.29) is 48.9 Å². The Kier molecular flexibility index (Phi) is 10.3. The van der Waals surface area contributed by atoms with Crippen molar-refractivity contribution < 1.29 is 57.5 Å². The molecule has 2 heterocycles. The summed E-state index contributed by atoms with van der Waals surface area (Å²) >= 11 is 0. The summed E-state index contributed by atoms with van der Waals surface area (Å²) in [6.07, 6.45) is 10.8. The van der Waals surface area contributed by atoms with Gasteiger partial charge in [-0.05, 0) is 168 Å². The van der Waals surface area contributed by atoms with Gasteiger partial charge in [-0.15, -0.1) is 0 Å². The largest absolute Gasteiger partial charge is 0.459 e. The van der Waals surface area contributed by atoms with E-state index in [2.05, 4.69) is 0 Å². The van der Waals surface area contributed by atoms with Crippen molar-refractivity contribution in [2.45, 2.75) is 212 Å². The molecule has 10 aliphatic rings. The van der Waals surface area contributed by atoms with Crippen molar-refractivity contribution in [1.29, 1.82) is 0 Å². The van der Waals surface area contributed by atoms with Gasteiger partial charge in [0.1, 0.15) is 16.8 Å². The maximum atomic E-state index is 15.1. The number of hydrogen-bond donors (Lipinski definition) is 1. The number of carbonyl (C=O) groups is 5. The fourth-order valence-electron chi connectivity index (χ4n) is 14.4. The normalized spacial score (nSPS) is 42.3. The van der Waals surface area contributed by atoms with Crippen LogP contribution in [0.1, 0.15) is 177 Å². The van der Waals surface area contributed by atoms with E-state index in [1.807, 2.05) is 13.8 Å². The molecule has 0 spiro atoms. The standard InChI is InChI=1S/C47H70O12/c1-9-41(6,36(50)58-46-20-29-14-30(21-46)17-44(16-29,27-46)38(52)55-34-12-10-11-13-54-34)26-42(7,25-39(2,3)35(49)57-43(8)24-33(48)56-40(43,4)5)37(51)59-47-22-31-15-32(23-47)19-45(53,18-31)28-47/h29-32,34,53H,9-28H2,1-8H3. The predicted octanol–water partition coefficient (Wildman–Crippen LogP) is 7.82. The number of ether oxygens (including phenoxy) is 6. The van der Waals surface area contributed by atoms with Crippen molar-refractivity contribution in [3.63, 3.8) is 0 Å². The van der Waals surface area contributed by atoms with Gasteiger partial charge in [-0.1, -0.05) is 6.92 Å². The van der Waals surface area contributed by atoms with Crippen LogP contribution in [0, 0.1) is 45.3 Å². The number of esters is 5. The van der Waals surface area contributed by atoms with Gasteiger partial charge < -0.3 is 33.5 Å². The molecule has 0 aromatic heterocycles. The molecule has 8 bridgehead atoms. The Morgan fingerprint density at radius 3 is 1.80 bits per heavy atom. The van der Waals surface area contributed by atoms with Gasteiger partial charge in [-0.2, -0.15) is 0 Å². The Morgan fingerprint density at radius 2 is 1.29 bits per heavy atom. The smallest absolute Gasteiger partial charge is 0.314 e. The number of aliphatic hydroxyl groups is 1. The first-order valence-electron chi connectivity index (χ1n) is 22.8. The first kappa shape index (κ1) is 42.9. The Balaban J connectivity index is 1.05. The average molecular weight is 827 g/mol. The third-order valence-corrected chi connectivity index (χ3v) is 16.8. The Bertz CT molecular complexity index is 1710. The zero-order chi connectivity index (χ0) is 42.7. The highest BCUT2D eigenvalue weighted by molar-refractivity contribution is 5.84. The zero-order valence-electron chi connectivity index (χ0n) is 37.0. The van der Waals surface area contributed by atoms with Gasteiger partial charge in [0.05, 0.1) is 40.3 Å². The number of cyclic esters (lactones) is 1. The minimum Gasteiger partial charge on any atom is -0.459 e. The van der Waals surface area contributed by atoms with E-state index in [0.29, 0.717) is 58.0 Å². The SMILES string of the molecule is CCC(C)(CC(C)(CC(C)(C)C(=O)OC1(C)CC(=O)OC1(C)C)C(=O)OC12CC3CC(CC(O)(C3)C1)C2)C(=O)OC12CC3CC(C1)CC(C(=O)OC1CCCCO1)(C3)C2. The lowest BCUT2D eigenvalue weighted by molar-refractivity contribution is -0.234. The summed E-state index contributed by atoms with van der Waals surface area (Å²) in [5, 5.41) is 11.6. The van der Waals surface area contributed by atoms with Crippen LogP contribution in [0.5, 0.6) is 0 Å². The molecule has 330 valence electrons. The highest BCUT2D eigenvalue weighted by Crippen LogP contribution is 2.64. The average Bonchev–Trinajstić information content (AvgIpc) is 3.30. The van der Waals surface area contributed by atoms with Crippen LogP contribution in [0.4, 0.5) is 0 Å². The number of rotatable bonds is 13. The van der Waals surface area contributed by atoms with Crippen molar-refractivity contribution in [3.8, 4) is 0 Å². The Labute approximate surface area is 350 Å². The molecule has 59 heavy (non-hydrogen) atoms. The van der Waals surface area contributed by atoms with E-state index >= 15 is 4.79 Å². The van der Waals surface area contributed by atoms with Gasteiger partial charge in [0.2, 0.25) is 6.29 Å². The monoisotopic (exact) mass is 826 g/mol. The quantitative estimate of drug-likeness (QED) is 0.142. The maximum absolute atomic E-state index is 15.1. The second-order valence-corrected chi connectivity index (χ2v) is 23.3. The number of carbonyl (C=O) groups excluding carboxylic acids is 5. The molecular weight excluding hydrogens is 757 g/mol. The summed E-state index contributed by atoms with van der Waals surface area (Å²) < 4.78 is 36.9. The Hall–Kier alpha value is -2.73. The van der Waals surface area contributed by atoms with Crippen LogP contribution in [0.25, 0.3) is 0 Å². The van der Waals surface area contributed by atoms with E-state index in [1.54, 1.807) is 41.5 Å². The highest BCUT2D eigenvalue weighted by Gasteiger charge is 2.65. The van der Waals surface area contributed by atoms with Crippen molar-refractivity contribution in [1.82, 2.24) is 0 Å². The molecule has 8 unspecified atom stereocenters. The fraction of sp³-hybridized carbons (Fsp3) is 0.894. The molecule has 0 aromatic carbocycles. The lowest BCUT2D eigenvalue weighted by Gasteiger charge is -2.60. The van der Waals surface area contributed by atoms with Crippen LogP contribution in [-0.4, -0.2) is 75.9 Å². The molecule has 10 rings (SSSR count). The third-order valence-electron chi connectivity index (χ3n) is 16.8. The molecule has 2 saturated heterocycles. The molecule has 12 heteroatoms. The first-order chi connectivity index (χ1) is 27.3. The van der Waals surface area contributed by atoms with Crippen LogP contribution in [0.3, 0.4) is 0 Å². The minimum absolute atomic E-state index is 0.00741. The second kappa shape index (κ2) is 14.1. The molecule has 12 nitrogen and oxygen atoms in total. The van der Waals surface area contributed by atoms with Crippen LogP contribution in [-0.2, 0) is 52.4 Å². The molecule has 0 aromatic rings. The van der Waals surface area contributed by atoms with Gasteiger partial charge in [0.15, 0.2) is 5.60 Å². The van der Waals surface area contributed by atoms with Crippen LogP contribution < -0.4 is 0 Å². The van der Waals surface area contributed by atoms with E-state index in [9.17, 15) is 24.3 Å². The summed E-state index contributed by atoms with van der Waals surface area (Å²) in [7, 11) is 0. The molecule has 8 atom stereocenters. The molecule has 0 amide bonds. The van der Waals surface area contributed by atoms with Crippen molar-refractivity contribution >= 4 is 29.8 Å². The van der Waals surface area contributed by atoms with Crippen LogP contribution in [0.2, 0.25) is 0 Å². The Morgan fingerprint density at radius 1 is 0.729 bits per heavy atom. The summed E-state index contributed by atoms with van der Waals surface area (Å²) in [4.78, 5) is 70.6. The minimum atomic E-state index is -1.37. The van der Waals surface area contributed by atoms with Gasteiger partial charge in [-0.25, -0.2) is 0 Å². The van der Waals surface area contributed by atoms with Gasteiger partial charge in [0, 0.05) is 19.3 Å². The van der Waals surface area contributed by atoms with Crippen molar-refractivity contribution in [3.05, 3.63) is 0 Å². The summed E-state index contributed by atoms with van der Waals surface area (Å²) in [6, 6.07) is 0. The first-order valence-corrected chi connectivity index (χ1v) is 22.8. The zero-order valence-corrected chi connectivity index (χ0v) is 37.0. The molecule has 8 aliphatic carbocycles. The third kappa shape index (κ3) is 7.75. The molecule has 10 fully saturated rings. The van der Waals surface area contributed by atoms with Gasteiger partial charge >= 0.3 is 29.8 Å². The van der Waals surface area contributed by atoms with Crippen LogP contribution in [0.15, 0.2) is 0 Å². The van der Waals surface area contributed by atoms with Gasteiger partial charge in [0.25, 0.3) is 0 Å². The molecule has 0 radical (unpaired) electrons. The maximum Gasteiger partial charge on any atom is 0.314 e. The lowest BCUT2D eigenvalue weighted by atomic mass is 9.48.